The van der Waals surface area contributed by atoms with Crippen LogP contribution in [0.4, 0.5) is 18.9 Å². The van der Waals surface area contributed by atoms with E-state index in [1.807, 2.05) is 0 Å². The molecule has 9 heteroatoms. The fraction of sp³-hybridized carbons (Fsp3) is 0.133. The van der Waals surface area contributed by atoms with Crippen molar-refractivity contribution in [1.29, 1.82) is 0 Å². The van der Waals surface area contributed by atoms with Gasteiger partial charge < -0.3 is 5.32 Å². The Morgan fingerprint density at radius 1 is 1.25 bits per heavy atom. The third-order valence-electron chi connectivity index (χ3n) is 3.21. The van der Waals surface area contributed by atoms with Crippen LogP contribution in [0.15, 0.2) is 48.9 Å². The molecule has 0 aliphatic heterocycles. The van der Waals surface area contributed by atoms with E-state index in [1.54, 1.807) is 12.1 Å². The molecule has 0 bridgehead atoms. The zero-order valence-electron chi connectivity index (χ0n) is 12.2. The summed E-state index contributed by atoms with van der Waals surface area (Å²) >= 11 is 0. The van der Waals surface area contributed by atoms with Crippen LogP contribution in [0.3, 0.4) is 0 Å². The lowest BCUT2D eigenvalue weighted by atomic mass is 10.2. The molecule has 0 aliphatic carbocycles. The summed E-state index contributed by atoms with van der Waals surface area (Å²) in [7, 11) is 0. The van der Waals surface area contributed by atoms with E-state index in [2.05, 4.69) is 15.5 Å². The molecule has 1 N–H and O–H groups in total. The lowest BCUT2D eigenvalue weighted by Crippen LogP contribution is -2.18. The summed E-state index contributed by atoms with van der Waals surface area (Å²) in [6.07, 6.45) is 4.01. The smallest absolute Gasteiger partial charge is 0.318 e. The van der Waals surface area contributed by atoms with E-state index in [-0.39, 0.29) is 11.5 Å². The minimum atomic E-state index is -2.91. The fourth-order valence-corrected chi connectivity index (χ4v) is 2.18. The van der Waals surface area contributed by atoms with Crippen molar-refractivity contribution < 1.29 is 18.0 Å². The summed E-state index contributed by atoms with van der Waals surface area (Å²) in [5.41, 5.74) is 0.771. The largest absolute Gasteiger partial charge is 0.333 e. The van der Waals surface area contributed by atoms with Gasteiger partial charge in [0.25, 0.3) is 5.91 Å². The molecule has 0 aliphatic rings. The second kappa shape index (κ2) is 6.57. The molecule has 2 aromatic heterocycles. The highest BCUT2D eigenvalue weighted by molar-refractivity contribution is 6.02. The predicted octanol–water partition coefficient (Wildman–Crippen LogP) is 2.91. The standard InChI is InChI=1S/C15H12F3N5O/c16-11-3-1-2-10(6-11)8-22-9-12(7-20-22)21-14(24)13-4-5-19-23(13)15(17)18/h1-7,9,15H,8H2,(H,21,24). The molecule has 0 saturated carbocycles. The number of benzene rings is 1. The van der Waals surface area contributed by atoms with E-state index in [0.29, 0.717) is 22.5 Å². The first-order chi connectivity index (χ1) is 11.5. The molecule has 0 unspecified atom stereocenters. The van der Waals surface area contributed by atoms with Crippen molar-refractivity contribution in [2.45, 2.75) is 13.1 Å². The van der Waals surface area contributed by atoms with Crippen LogP contribution >= 0.6 is 0 Å². The Kier molecular flexibility index (Phi) is 4.32. The highest BCUT2D eigenvalue weighted by Crippen LogP contribution is 2.15. The van der Waals surface area contributed by atoms with Gasteiger partial charge in [-0.15, -0.1) is 0 Å². The van der Waals surface area contributed by atoms with Gasteiger partial charge in [0.2, 0.25) is 0 Å². The fourth-order valence-electron chi connectivity index (χ4n) is 2.18. The molecule has 0 spiro atoms. The summed E-state index contributed by atoms with van der Waals surface area (Å²) in [5, 5.41) is 9.91. The summed E-state index contributed by atoms with van der Waals surface area (Å²) in [4.78, 5) is 12.0. The zero-order valence-corrected chi connectivity index (χ0v) is 12.2. The Morgan fingerprint density at radius 2 is 2.08 bits per heavy atom. The average molecular weight is 335 g/mol. The molecule has 3 rings (SSSR count). The third-order valence-corrected chi connectivity index (χ3v) is 3.21. The summed E-state index contributed by atoms with van der Waals surface area (Å²) < 4.78 is 40.4. The minimum absolute atomic E-state index is 0.261. The number of rotatable bonds is 5. The van der Waals surface area contributed by atoms with Crippen LogP contribution in [0.1, 0.15) is 22.6 Å². The maximum absolute atomic E-state index is 13.2. The number of amides is 1. The van der Waals surface area contributed by atoms with Gasteiger partial charge in [-0.3, -0.25) is 9.48 Å². The molecule has 2 heterocycles. The molecular weight excluding hydrogens is 323 g/mol. The molecule has 6 nitrogen and oxygen atoms in total. The Bertz CT molecular complexity index is 858. The number of carbonyl (C=O) groups excluding carboxylic acids is 1. The number of anilines is 1. The van der Waals surface area contributed by atoms with Crippen molar-refractivity contribution in [2.24, 2.45) is 0 Å². The van der Waals surface area contributed by atoms with Gasteiger partial charge in [0.15, 0.2) is 0 Å². The number of hydrogen-bond acceptors (Lipinski definition) is 3. The number of carbonyl (C=O) groups is 1. The van der Waals surface area contributed by atoms with Crippen molar-refractivity contribution in [1.82, 2.24) is 19.6 Å². The van der Waals surface area contributed by atoms with Crippen LogP contribution in [-0.2, 0) is 6.54 Å². The second-order valence-corrected chi connectivity index (χ2v) is 4.95. The SMILES string of the molecule is O=C(Nc1cnn(Cc2cccc(F)c2)c1)c1ccnn1C(F)F. The predicted molar refractivity (Wildman–Crippen MR) is 79.2 cm³/mol. The quantitative estimate of drug-likeness (QED) is 0.780. The van der Waals surface area contributed by atoms with Crippen molar-refractivity contribution in [3.05, 3.63) is 66.0 Å². The van der Waals surface area contributed by atoms with Crippen LogP contribution in [-0.4, -0.2) is 25.5 Å². The van der Waals surface area contributed by atoms with Crippen LogP contribution < -0.4 is 5.32 Å². The lowest BCUT2D eigenvalue weighted by molar-refractivity contribution is 0.0520. The summed E-state index contributed by atoms with van der Waals surface area (Å²) in [5.74, 6) is -1.08. The minimum Gasteiger partial charge on any atom is -0.318 e. The molecule has 0 fully saturated rings. The maximum Gasteiger partial charge on any atom is 0.333 e. The molecule has 0 radical (unpaired) electrons. The van der Waals surface area contributed by atoms with E-state index in [0.717, 1.165) is 6.20 Å². The van der Waals surface area contributed by atoms with E-state index in [1.165, 1.54) is 35.3 Å². The van der Waals surface area contributed by atoms with Crippen LogP contribution in [0, 0.1) is 5.82 Å². The monoisotopic (exact) mass is 335 g/mol. The third kappa shape index (κ3) is 3.45. The molecule has 0 saturated heterocycles. The molecule has 124 valence electrons. The van der Waals surface area contributed by atoms with Gasteiger partial charge in [0.05, 0.1) is 18.4 Å². The normalized spacial score (nSPS) is 11.0. The van der Waals surface area contributed by atoms with E-state index >= 15 is 0 Å². The van der Waals surface area contributed by atoms with Crippen molar-refractivity contribution in [3.63, 3.8) is 0 Å². The van der Waals surface area contributed by atoms with Gasteiger partial charge >= 0.3 is 6.55 Å². The van der Waals surface area contributed by atoms with Gasteiger partial charge in [0.1, 0.15) is 11.5 Å². The van der Waals surface area contributed by atoms with Gasteiger partial charge in [-0.1, -0.05) is 12.1 Å². The average Bonchev–Trinajstić information content (AvgIpc) is 3.16. The number of nitrogens with one attached hydrogen (secondary N) is 1. The van der Waals surface area contributed by atoms with E-state index < -0.39 is 12.5 Å². The van der Waals surface area contributed by atoms with Crippen LogP contribution in [0.2, 0.25) is 0 Å². The molecular formula is C15H12F3N5O. The summed E-state index contributed by atoms with van der Waals surface area (Å²) in [6, 6.07) is 7.23. The Labute approximate surface area is 134 Å². The first-order valence-electron chi connectivity index (χ1n) is 6.93. The van der Waals surface area contributed by atoms with Crippen molar-refractivity contribution in [3.8, 4) is 0 Å². The van der Waals surface area contributed by atoms with Gasteiger partial charge in [-0.05, 0) is 23.8 Å². The van der Waals surface area contributed by atoms with Crippen LogP contribution in [0.5, 0.6) is 0 Å². The Hall–Kier alpha value is -3.10. The number of aromatic nitrogens is 4. The first-order valence-corrected chi connectivity index (χ1v) is 6.93. The highest BCUT2D eigenvalue weighted by atomic mass is 19.3. The molecule has 0 atom stereocenters. The second-order valence-electron chi connectivity index (χ2n) is 4.95. The molecule has 24 heavy (non-hydrogen) atoms. The highest BCUT2D eigenvalue weighted by Gasteiger charge is 2.18. The van der Waals surface area contributed by atoms with Crippen molar-refractivity contribution >= 4 is 11.6 Å². The van der Waals surface area contributed by atoms with Crippen LogP contribution in [0.25, 0.3) is 0 Å². The van der Waals surface area contributed by atoms with E-state index in [9.17, 15) is 18.0 Å². The van der Waals surface area contributed by atoms with Crippen molar-refractivity contribution in [2.75, 3.05) is 5.32 Å². The molecule has 3 aromatic rings. The lowest BCUT2D eigenvalue weighted by Gasteiger charge is -2.05. The van der Waals surface area contributed by atoms with E-state index in [4.69, 9.17) is 0 Å². The topological polar surface area (TPSA) is 64.7 Å². The summed E-state index contributed by atoms with van der Waals surface area (Å²) in [6.45, 7) is -2.60. The molecule has 1 amide bonds. The number of hydrogen-bond donors (Lipinski definition) is 1. The number of alkyl halides is 2. The van der Waals surface area contributed by atoms with Gasteiger partial charge in [-0.2, -0.15) is 23.7 Å². The van der Waals surface area contributed by atoms with Gasteiger partial charge in [-0.25, -0.2) is 4.39 Å². The number of halogens is 3. The maximum atomic E-state index is 13.2. The van der Waals surface area contributed by atoms with Gasteiger partial charge in [0, 0.05) is 12.4 Å². The first kappa shape index (κ1) is 15.8. The zero-order chi connectivity index (χ0) is 17.1. The Morgan fingerprint density at radius 3 is 2.83 bits per heavy atom. The Balaban J connectivity index is 1.69. The number of nitrogens with zero attached hydrogens (tertiary/aromatic N) is 4. The molecule has 1 aromatic carbocycles.